The van der Waals surface area contributed by atoms with Crippen LogP contribution in [-0.2, 0) is 4.79 Å². The van der Waals surface area contributed by atoms with Crippen molar-refractivity contribution in [1.29, 1.82) is 0 Å². The Hall–Kier alpha value is -2.51. The van der Waals surface area contributed by atoms with Crippen molar-refractivity contribution >= 4 is 40.7 Å². The average Bonchev–Trinajstić information content (AvgIpc) is 2.84. The maximum Gasteiger partial charge on any atom is 0.260 e. The number of amides is 1. The zero-order chi connectivity index (χ0) is 26.4. The molecule has 4 nitrogen and oxygen atoms in total. The van der Waals surface area contributed by atoms with Crippen molar-refractivity contribution in [2.24, 2.45) is 0 Å². The fourth-order valence-corrected chi connectivity index (χ4v) is 3.46. The molecule has 0 saturated carbocycles. The molecule has 0 fully saturated rings. The predicted octanol–water partition coefficient (Wildman–Crippen LogP) is 6.36. The Morgan fingerprint density at radius 2 is 1.74 bits per heavy atom. The minimum atomic E-state index is -0.143. The van der Waals surface area contributed by atoms with Crippen LogP contribution in [0.4, 0.5) is 0 Å². The Bertz CT molecular complexity index is 882. The number of carbonyl (C=O) groups excluding carboxylic acids is 1. The van der Waals surface area contributed by atoms with Gasteiger partial charge in [0.1, 0.15) is 0 Å². The molecule has 1 aromatic carbocycles. The van der Waals surface area contributed by atoms with Crippen molar-refractivity contribution < 1.29 is 15.0 Å². The molecule has 1 amide bonds. The first kappa shape index (κ1) is 33.7. The molecule has 0 radical (unpaired) electrons. The summed E-state index contributed by atoms with van der Waals surface area (Å²) < 4.78 is 1.46. The van der Waals surface area contributed by atoms with Crippen LogP contribution in [0.15, 0.2) is 95.0 Å². The van der Waals surface area contributed by atoms with E-state index in [0.717, 1.165) is 18.2 Å². The van der Waals surface area contributed by atoms with Gasteiger partial charge in [0.2, 0.25) is 0 Å². The van der Waals surface area contributed by atoms with E-state index in [1.54, 1.807) is 7.05 Å². The van der Waals surface area contributed by atoms with E-state index in [-0.39, 0.29) is 12.5 Å². The molecule has 2 N–H and O–H groups in total. The molecule has 0 aliphatic rings. The summed E-state index contributed by atoms with van der Waals surface area (Å²) in [5, 5.41) is 15.9. The molecular weight excluding hydrogens is 462 g/mol. The summed E-state index contributed by atoms with van der Waals surface area (Å²) in [7, 11) is 2.66. The lowest BCUT2D eigenvalue weighted by Gasteiger charge is -2.16. The van der Waals surface area contributed by atoms with Crippen LogP contribution in [0.5, 0.6) is 0 Å². The van der Waals surface area contributed by atoms with Gasteiger partial charge in [-0.25, -0.2) is 0 Å². The lowest BCUT2D eigenvalue weighted by Crippen LogP contribution is -2.30. The van der Waals surface area contributed by atoms with Crippen molar-refractivity contribution in [3.05, 3.63) is 101 Å². The van der Waals surface area contributed by atoms with E-state index in [1.807, 2.05) is 81.5 Å². The summed E-state index contributed by atoms with van der Waals surface area (Å²) in [6, 6.07) is 9.90. The van der Waals surface area contributed by atoms with Crippen LogP contribution in [0.25, 0.3) is 6.08 Å². The van der Waals surface area contributed by atoms with Crippen molar-refractivity contribution in [2.45, 2.75) is 27.7 Å². The van der Waals surface area contributed by atoms with E-state index in [9.17, 15) is 4.79 Å². The summed E-state index contributed by atoms with van der Waals surface area (Å²) >= 11 is 6.05. The standard InChI is InChI=1S/C16H19NO2S2.C11H16.CH4O/c1-13(10-14-6-4-3-5-7-14)11-15(21-12-20)16(19)17(2)8-9-18;1-5-8-10(4)9-11(6-2)7-3;1-2/h3-7,10-12,18H,8-9H2,1-2H3;5-9H,2H2,1,3-4H3;2H,1H3/b13-10+,15-11-;8-5+,10-9+,11-7+;. The number of thiocarbonyl (C=S) groups is 1. The van der Waals surface area contributed by atoms with Crippen LogP contribution in [-0.4, -0.2) is 53.0 Å². The molecule has 186 valence electrons. The lowest BCUT2D eigenvalue weighted by atomic mass is 10.1. The highest BCUT2D eigenvalue weighted by atomic mass is 32.2. The molecule has 0 saturated heterocycles. The van der Waals surface area contributed by atoms with Gasteiger partial charge < -0.3 is 15.1 Å². The SMILES string of the molecule is C=CC(/C=C(C)/C=C/C)=C\C.CC(/C=C(\SC=S)C(=O)N(C)CCO)=C\c1ccccc1.CO. The minimum absolute atomic E-state index is 0.0589. The van der Waals surface area contributed by atoms with Gasteiger partial charge in [-0.3, -0.25) is 4.79 Å². The van der Waals surface area contributed by atoms with Gasteiger partial charge in [-0.2, -0.15) is 0 Å². The van der Waals surface area contributed by atoms with E-state index in [0.29, 0.717) is 11.4 Å². The van der Waals surface area contributed by atoms with Gasteiger partial charge in [-0.1, -0.05) is 103 Å². The number of hydrogen-bond acceptors (Lipinski definition) is 5. The number of aliphatic hydroxyl groups is 2. The van der Waals surface area contributed by atoms with Gasteiger partial charge in [0.05, 0.1) is 11.5 Å². The van der Waals surface area contributed by atoms with E-state index in [2.05, 4.69) is 25.7 Å². The van der Waals surface area contributed by atoms with E-state index in [1.165, 1.54) is 32.5 Å². The average molecular weight is 502 g/mol. The number of allylic oxidation sites excluding steroid dienone is 9. The van der Waals surface area contributed by atoms with Crippen LogP contribution in [0.2, 0.25) is 0 Å². The van der Waals surface area contributed by atoms with Crippen LogP contribution in [0.1, 0.15) is 33.3 Å². The number of carbonyl (C=O) groups is 1. The number of nitrogens with zero attached hydrogens (tertiary/aromatic N) is 1. The van der Waals surface area contributed by atoms with Gasteiger partial charge in [-0.15, -0.1) is 0 Å². The molecule has 0 bridgehead atoms. The van der Waals surface area contributed by atoms with Crippen LogP contribution >= 0.6 is 24.0 Å². The molecule has 34 heavy (non-hydrogen) atoms. The molecule has 0 heterocycles. The summed E-state index contributed by atoms with van der Waals surface area (Å²) in [6.45, 7) is 12.0. The number of hydrogen-bond donors (Lipinski definition) is 2. The number of benzene rings is 1. The molecule has 1 aromatic rings. The maximum atomic E-state index is 12.2. The highest BCUT2D eigenvalue weighted by Gasteiger charge is 2.14. The number of rotatable bonds is 10. The Kier molecular flexibility index (Phi) is 22.1. The number of thioether (sulfide) groups is 1. The second-order valence-electron chi connectivity index (χ2n) is 6.85. The zero-order valence-corrected chi connectivity index (χ0v) is 22.8. The molecule has 0 aromatic heterocycles. The maximum absolute atomic E-state index is 12.2. The predicted molar refractivity (Wildman–Crippen MR) is 155 cm³/mol. The Morgan fingerprint density at radius 1 is 1.12 bits per heavy atom. The summed E-state index contributed by atoms with van der Waals surface area (Å²) in [4.78, 5) is 14.3. The second kappa shape index (κ2) is 22.3. The van der Waals surface area contributed by atoms with Gasteiger partial charge in [-0.05, 0) is 50.5 Å². The Balaban J connectivity index is 0. The highest BCUT2D eigenvalue weighted by molar-refractivity contribution is 8.23. The van der Waals surface area contributed by atoms with Crippen molar-refractivity contribution in [3.63, 3.8) is 0 Å². The zero-order valence-electron chi connectivity index (χ0n) is 21.2. The first-order valence-corrected chi connectivity index (χ1v) is 12.1. The van der Waals surface area contributed by atoms with Gasteiger partial charge in [0, 0.05) is 25.4 Å². The number of aliphatic hydroxyl groups excluding tert-OH is 2. The Morgan fingerprint density at radius 3 is 2.21 bits per heavy atom. The second-order valence-corrected chi connectivity index (χ2v) is 8.30. The normalized spacial score (nSPS) is 12.2. The molecule has 0 spiro atoms. The van der Waals surface area contributed by atoms with Crippen LogP contribution in [0.3, 0.4) is 0 Å². The first-order chi connectivity index (χ1) is 16.3. The third-order valence-electron chi connectivity index (χ3n) is 4.11. The molecular formula is C28H39NO3S2. The van der Waals surface area contributed by atoms with Crippen molar-refractivity contribution in [3.8, 4) is 0 Å². The lowest BCUT2D eigenvalue weighted by molar-refractivity contribution is -0.125. The number of likely N-dealkylation sites (N-methyl/N-ethyl adjacent to an activating group) is 1. The van der Waals surface area contributed by atoms with Gasteiger partial charge in [0.25, 0.3) is 5.91 Å². The summed E-state index contributed by atoms with van der Waals surface area (Å²) in [5.41, 5.74) is 4.46. The minimum Gasteiger partial charge on any atom is -0.400 e. The van der Waals surface area contributed by atoms with Crippen molar-refractivity contribution in [1.82, 2.24) is 4.90 Å². The highest BCUT2D eigenvalue weighted by Crippen LogP contribution is 2.19. The molecule has 1 rings (SSSR count). The summed E-state index contributed by atoms with van der Waals surface area (Å²) in [5.74, 6) is -0.143. The van der Waals surface area contributed by atoms with E-state index >= 15 is 0 Å². The fraction of sp³-hybridized carbons (Fsp3) is 0.286. The van der Waals surface area contributed by atoms with Crippen LogP contribution in [0, 0.1) is 0 Å². The fourth-order valence-electron chi connectivity index (χ4n) is 2.53. The smallest absolute Gasteiger partial charge is 0.260 e. The van der Waals surface area contributed by atoms with E-state index < -0.39 is 0 Å². The third kappa shape index (κ3) is 16.2. The molecule has 6 heteroatoms. The Labute approximate surface area is 215 Å². The first-order valence-electron chi connectivity index (χ1n) is 10.8. The molecule has 0 aliphatic heterocycles. The third-order valence-corrected chi connectivity index (χ3v) is 5.04. The largest absolute Gasteiger partial charge is 0.400 e. The van der Waals surface area contributed by atoms with Crippen LogP contribution < -0.4 is 0 Å². The quantitative estimate of drug-likeness (QED) is 0.222. The summed E-state index contributed by atoms with van der Waals surface area (Å²) in [6.07, 6.45) is 13.9. The molecule has 0 atom stereocenters. The monoisotopic (exact) mass is 501 g/mol. The topological polar surface area (TPSA) is 60.8 Å². The van der Waals surface area contributed by atoms with Gasteiger partial charge >= 0.3 is 0 Å². The van der Waals surface area contributed by atoms with E-state index in [4.69, 9.17) is 22.4 Å². The molecule has 0 unspecified atom stereocenters. The van der Waals surface area contributed by atoms with Gasteiger partial charge in [0.15, 0.2) is 0 Å². The van der Waals surface area contributed by atoms with Crippen molar-refractivity contribution in [2.75, 3.05) is 27.3 Å². The molecule has 0 aliphatic carbocycles.